The van der Waals surface area contributed by atoms with E-state index in [2.05, 4.69) is 27.7 Å². The zero-order chi connectivity index (χ0) is 15.2. The fourth-order valence-electron chi connectivity index (χ4n) is 3.46. The summed E-state index contributed by atoms with van der Waals surface area (Å²) in [5.74, 6) is 0.767. The largest absolute Gasteiger partial charge is 0.372 e. The highest BCUT2D eigenvalue weighted by molar-refractivity contribution is 5.94. The first-order chi connectivity index (χ1) is 10.8. The minimum Gasteiger partial charge on any atom is -0.372 e. The quantitative estimate of drug-likeness (QED) is 0.878. The highest BCUT2D eigenvalue weighted by Crippen LogP contribution is 2.20. The number of nitrogens with one attached hydrogen (secondary N) is 2. The van der Waals surface area contributed by atoms with Gasteiger partial charge in [0.25, 0.3) is 5.91 Å². The number of carbonyl (C=O) groups is 1. The fourth-order valence-corrected chi connectivity index (χ4v) is 3.46. The molecule has 120 valence electrons. The lowest BCUT2D eigenvalue weighted by Crippen LogP contribution is -2.33. The molecule has 2 saturated heterocycles. The molecule has 1 aromatic carbocycles. The third-order valence-electron chi connectivity index (χ3n) is 4.84. The van der Waals surface area contributed by atoms with Crippen LogP contribution in [0.15, 0.2) is 24.3 Å². The van der Waals surface area contributed by atoms with Crippen LogP contribution in [0.25, 0.3) is 0 Å². The van der Waals surface area contributed by atoms with Crippen molar-refractivity contribution in [2.45, 2.75) is 32.1 Å². The van der Waals surface area contributed by atoms with Gasteiger partial charge in [0.05, 0.1) is 0 Å². The molecule has 22 heavy (non-hydrogen) atoms. The molecule has 1 aromatic rings. The van der Waals surface area contributed by atoms with Crippen molar-refractivity contribution in [2.75, 3.05) is 37.6 Å². The normalized spacial score (nSPS) is 21.8. The molecule has 3 rings (SSSR count). The van der Waals surface area contributed by atoms with Crippen LogP contribution in [-0.2, 0) is 0 Å². The Bertz CT molecular complexity index is 474. The molecule has 2 heterocycles. The zero-order valence-electron chi connectivity index (χ0n) is 13.3. The van der Waals surface area contributed by atoms with Crippen molar-refractivity contribution in [1.82, 2.24) is 10.6 Å². The lowest BCUT2D eigenvalue weighted by Gasteiger charge is -2.22. The molecule has 2 aliphatic rings. The minimum atomic E-state index is 0.0525. The third kappa shape index (κ3) is 4.01. The van der Waals surface area contributed by atoms with Crippen molar-refractivity contribution in [1.29, 1.82) is 0 Å². The monoisotopic (exact) mass is 301 g/mol. The summed E-state index contributed by atoms with van der Waals surface area (Å²) in [6.45, 7) is 5.30. The fraction of sp³-hybridized carbons (Fsp3) is 0.611. The molecule has 2 aliphatic heterocycles. The molecule has 4 heteroatoms. The minimum absolute atomic E-state index is 0.0525. The molecule has 0 aliphatic carbocycles. The highest BCUT2D eigenvalue weighted by Gasteiger charge is 2.14. The Balaban J connectivity index is 1.45. The Morgan fingerprint density at radius 1 is 1.18 bits per heavy atom. The molecule has 0 radical (unpaired) electrons. The van der Waals surface area contributed by atoms with E-state index in [0.717, 1.165) is 44.7 Å². The summed E-state index contributed by atoms with van der Waals surface area (Å²) < 4.78 is 0. The molecule has 1 atom stereocenters. The third-order valence-corrected chi connectivity index (χ3v) is 4.84. The van der Waals surface area contributed by atoms with Gasteiger partial charge in [-0.25, -0.2) is 0 Å². The highest BCUT2D eigenvalue weighted by atomic mass is 16.1. The molecule has 1 unspecified atom stereocenters. The number of nitrogens with zero attached hydrogens (tertiary/aromatic N) is 1. The SMILES string of the molecule is O=C(NCCC1CCCNC1)c1ccc(N2CCCC2)cc1. The Labute approximate surface area is 133 Å². The molecule has 4 nitrogen and oxygen atoms in total. The Kier molecular flexibility index (Phi) is 5.33. The smallest absolute Gasteiger partial charge is 0.251 e. The number of piperidine rings is 1. The number of anilines is 1. The van der Waals surface area contributed by atoms with E-state index in [1.54, 1.807) is 0 Å². The number of amides is 1. The van der Waals surface area contributed by atoms with Crippen LogP contribution >= 0.6 is 0 Å². The second kappa shape index (κ2) is 7.63. The molecular weight excluding hydrogens is 274 g/mol. The lowest BCUT2D eigenvalue weighted by atomic mass is 9.96. The zero-order valence-corrected chi connectivity index (χ0v) is 13.3. The maximum atomic E-state index is 12.2. The second-order valence-electron chi connectivity index (χ2n) is 6.50. The number of carbonyl (C=O) groups excluding carboxylic acids is 1. The first-order valence-corrected chi connectivity index (χ1v) is 8.67. The van der Waals surface area contributed by atoms with Crippen LogP contribution in [0.3, 0.4) is 0 Å². The predicted molar refractivity (Wildman–Crippen MR) is 90.4 cm³/mol. The first kappa shape index (κ1) is 15.3. The van der Waals surface area contributed by atoms with Gasteiger partial charge in [-0.1, -0.05) is 0 Å². The second-order valence-corrected chi connectivity index (χ2v) is 6.50. The van der Waals surface area contributed by atoms with Gasteiger partial charge in [0, 0.05) is 30.9 Å². The Morgan fingerprint density at radius 3 is 2.64 bits per heavy atom. The van der Waals surface area contributed by atoms with E-state index in [1.807, 2.05) is 12.1 Å². The van der Waals surface area contributed by atoms with Crippen molar-refractivity contribution in [3.05, 3.63) is 29.8 Å². The van der Waals surface area contributed by atoms with Crippen LogP contribution in [0.5, 0.6) is 0 Å². The molecule has 2 N–H and O–H groups in total. The number of benzene rings is 1. The van der Waals surface area contributed by atoms with Crippen molar-refractivity contribution < 1.29 is 4.79 Å². The number of hydrogen-bond donors (Lipinski definition) is 2. The van der Waals surface area contributed by atoms with E-state index in [-0.39, 0.29) is 5.91 Å². The topological polar surface area (TPSA) is 44.4 Å². The average molecular weight is 301 g/mol. The molecular formula is C18H27N3O. The van der Waals surface area contributed by atoms with Crippen LogP contribution in [0.1, 0.15) is 42.5 Å². The summed E-state index contributed by atoms with van der Waals surface area (Å²) in [5, 5.41) is 6.48. The van der Waals surface area contributed by atoms with E-state index >= 15 is 0 Å². The Hall–Kier alpha value is -1.55. The molecule has 2 fully saturated rings. The van der Waals surface area contributed by atoms with Crippen LogP contribution in [-0.4, -0.2) is 38.6 Å². The van der Waals surface area contributed by atoms with E-state index < -0.39 is 0 Å². The Morgan fingerprint density at radius 2 is 1.95 bits per heavy atom. The maximum absolute atomic E-state index is 12.2. The summed E-state index contributed by atoms with van der Waals surface area (Å²) in [5.41, 5.74) is 2.01. The van der Waals surface area contributed by atoms with Gasteiger partial charge < -0.3 is 15.5 Å². The van der Waals surface area contributed by atoms with Crippen molar-refractivity contribution in [2.24, 2.45) is 5.92 Å². The van der Waals surface area contributed by atoms with Gasteiger partial charge in [0.1, 0.15) is 0 Å². The van der Waals surface area contributed by atoms with Gasteiger partial charge in [-0.2, -0.15) is 0 Å². The van der Waals surface area contributed by atoms with Gasteiger partial charge in [-0.05, 0) is 75.4 Å². The van der Waals surface area contributed by atoms with Crippen molar-refractivity contribution in [3.8, 4) is 0 Å². The number of rotatable bonds is 5. The van der Waals surface area contributed by atoms with E-state index in [9.17, 15) is 4.79 Å². The van der Waals surface area contributed by atoms with Crippen molar-refractivity contribution >= 4 is 11.6 Å². The van der Waals surface area contributed by atoms with Gasteiger partial charge in [0.2, 0.25) is 0 Å². The summed E-state index contributed by atoms with van der Waals surface area (Å²) in [7, 11) is 0. The molecule has 0 spiro atoms. The maximum Gasteiger partial charge on any atom is 0.251 e. The molecule has 1 amide bonds. The van der Waals surface area contributed by atoms with Gasteiger partial charge in [-0.3, -0.25) is 4.79 Å². The summed E-state index contributed by atoms with van der Waals surface area (Å²) >= 11 is 0. The van der Waals surface area contributed by atoms with Crippen LogP contribution in [0, 0.1) is 5.92 Å². The summed E-state index contributed by atoms with van der Waals surface area (Å²) in [4.78, 5) is 14.6. The standard InChI is InChI=1S/C18H27N3O/c22-18(20-11-9-15-4-3-10-19-14-15)16-5-7-17(8-6-16)21-12-1-2-13-21/h5-8,15,19H,1-4,9-14H2,(H,20,22). The van der Waals surface area contributed by atoms with Crippen LogP contribution in [0.4, 0.5) is 5.69 Å². The summed E-state index contributed by atoms with van der Waals surface area (Å²) in [6, 6.07) is 8.05. The molecule has 0 bridgehead atoms. The van der Waals surface area contributed by atoms with Crippen LogP contribution < -0.4 is 15.5 Å². The molecule has 0 saturated carbocycles. The average Bonchev–Trinajstić information content (AvgIpc) is 3.10. The van der Waals surface area contributed by atoms with Crippen molar-refractivity contribution in [3.63, 3.8) is 0 Å². The van der Waals surface area contributed by atoms with Gasteiger partial charge >= 0.3 is 0 Å². The van der Waals surface area contributed by atoms with Gasteiger partial charge in [-0.15, -0.1) is 0 Å². The van der Waals surface area contributed by atoms with E-state index in [4.69, 9.17) is 0 Å². The van der Waals surface area contributed by atoms with E-state index in [0.29, 0.717) is 5.92 Å². The summed E-state index contributed by atoms with van der Waals surface area (Å²) in [6.07, 6.45) is 6.17. The van der Waals surface area contributed by atoms with Crippen LogP contribution in [0.2, 0.25) is 0 Å². The lowest BCUT2D eigenvalue weighted by molar-refractivity contribution is 0.0950. The predicted octanol–water partition coefficient (Wildman–Crippen LogP) is 2.41. The van der Waals surface area contributed by atoms with Gasteiger partial charge in [0.15, 0.2) is 0 Å². The first-order valence-electron chi connectivity index (χ1n) is 8.67. The molecule has 0 aromatic heterocycles. The van der Waals surface area contributed by atoms with E-state index in [1.165, 1.54) is 31.4 Å². The number of hydrogen-bond acceptors (Lipinski definition) is 3.